The fourth-order valence-electron chi connectivity index (χ4n) is 2.10. The summed E-state index contributed by atoms with van der Waals surface area (Å²) in [7, 11) is -3.64. The molecule has 1 atom stereocenters. The van der Waals surface area contributed by atoms with Gasteiger partial charge < -0.3 is 4.74 Å². The lowest BCUT2D eigenvalue weighted by Crippen LogP contribution is -2.28. The van der Waals surface area contributed by atoms with Crippen LogP contribution in [0.5, 0.6) is 0 Å². The molecule has 0 amide bonds. The number of rotatable bonds is 3. The molecule has 1 aliphatic rings. The SMILES string of the molecule is O=S(=O)(NC1OCc2ccccc21)c1ccc(Cl)cc1. The van der Waals surface area contributed by atoms with E-state index in [1.54, 1.807) is 12.1 Å². The molecule has 4 nitrogen and oxygen atoms in total. The summed E-state index contributed by atoms with van der Waals surface area (Å²) >= 11 is 5.76. The minimum Gasteiger partial charge on any atom is -0.353 e. The maximum Gasteiger partial charge on any atom is 0.242 e. The van der Waals surface area contributed by atoms with Crippen molar-refractivity contribution in [3.8, 4) is 0 Å². The summed E-state index contributed by atoms with van der Waals surface area (Å²) in [5, 5.41) is 0.492. The summed E-state index contributed by atoms with van der Waals surface area (Å²) in [6.07, 6.45) is -0.646. The second-order valence-electron chi connectivity index (χ2n) is 4.47. The predicted octanol–water partition coefficient (Wildman–Crippen LogP) is 2.85. The first-order chi connectivity index (χ1) is 9.56. The van der Waals surface area contributed by atoms with E-state index >= 15 is 0 Å². The number of hydrogen-bond acceptors (Lipinski definition) is 3. The van der Waals surface area contributed by atoms with Crippen molar-refractivity contribution in [2.24, 2.45) is 0 Å². The summed E-state index contributed by atoms with van der Waals surface area (Å²) in [4.78, 5) is 0.162. The van der Waals surface area contributed by atoms with Gasteiger partial charge in [-0.2, -0.15) is 4.72 Å². The molecule has 0 bridgehead atoms. The van der Waals surface area contributed by atoms with Crippen LogP contribution in [0, 0.1) is 0 Å². The number of nitrogens with one attached hydrogen (secondary N) is 1. The zero-order valence-electron chi connectivity index (χ0n) is 10.4. The number of sulfonamides is 1. The molecule has 0 saturated carbocycles. The van der Waals surface area contributed by atoms with Gasteiger partial charge in [-0.05, 0) is 29.8 Å². The molecule has 20 heavy (non-hydrogen) atoms. The minimum absolute atomic E-state index is 0.162. The summed E-state index contributed by atoms with van der Waals surface area (Å²) in [5.41, 5.74) is 1.85. The normalized spacial score (nSPS) is 17.9. The molecule has 6 heteroatoms. The van der Waals surface area contributed by atoms with Crippen molar-refractivity contribution >= 4 is 21.6 Å². The number of fused-ring (bicyclic) bond motifs is 1. The second kappa shape index (κ2) is 5.18. The molecule has 1 unspecified atom stereocenters. The largest absolute Gasteiger partial charge is 0.353 e. The van der Waals surface area contributed by atoms with Crippen LogP contribution in [0.25, 0.3) is 0 Å². The highest BCUT2D eigenvalue weighted by Crippen LogP contribution is 2.29. The highest BCUT2D eigenvalue weighted by atomic mass is 35.5. The molecule has 0 radical (unpaired) electrons. The first-order valence-corrected chi connectivity index (χ1v) is 7.90. The van der Waals surface area contributed by atoms with E-state index in [2.05, 4.69) is 4.72 Å². The van der Waals surface area contributed by atoms with Gasteiger partial charge in [0.05, 0.1) is 11.5 Å². The lowest BCUT2D eigenvalue weighted by Gasteiger charge is -2.14. The van der Waals surface area contributed by atoms with Crippen molar-refractivity contribution in [1.29, 1.82) is 0 Å². The maximum absolute atomic E-state index is 12.3. The van der Waals surface area contributed by atoms with Gasteiger partial charge >= 0.3 is 0 Å². The van der Waals surface area contributed by atoms with Crippen LogP contribution >= 0.6 is 11.6 Å². The van der Waals surface area contributed by atoms with Crippen LogP contribution in [0.3, 0.4) is 0 Å². The molecule has 3 rings (SSSR count). The molecule has 1 heterocycles. The monoisotopic (exact) mass is 309 g/mol. The van der Waals surface area contributed by atoms with Gasteiger partial charge in [-0.3, -0.25) is 0 Å². The first-order valence-electron chi connectivity index (χ1n) is 6.03. The topological polar surface area (TPSA) is 55.4 Å². The van der Waals surface area contributed by atoms with Crippen LogP contribution in [-0.2, 0) is 21.4 Å². The van der Waals surface area contributed by atoms with Crippen LogP contribution < -0.4 is 4.72 Å². The minimum atomic E-state index is -3.64. The maximum atomic E-state index is 12.3. The smallest absolute Gasteiger partial charge is 0.242 e. The van der Waals surface area contributed by atoms with Crippen molar-refractivity contribution in [1.82, 2.24) is 4.72 Å². The fraction of sp³-hybridized carbons (Fsp3) is 0.143. The molecule has 0 saturated heterocycles. The first kappa shape index (κ1) is 13.6. The van der Waals surface area contributed by atoms with Crippen molar-refractivity contribution in [3.63, 3.8) is 0 Å². The Hall–Kier alpha value is -1.40. The Kier molecular flexibility index (Phi) is 3.52. The van der Waals surface area contributed by atoms with E-state index in [0.717, 1.165) is 11.1 Å². The lowest BCUT2D eigenvalue weighted by atomic mass is 10.1. The van der Waals surface area contributed by atoms with Crippen LogP contribution in [-0.4, -0.2) is 8.42 Å². The van der Waals surface area contributed by atoms with Gasteiger partial charge in [0.1, 0.15) is 6.23 Å². The Bertz CT molecular complexity index is 728. The van der Waals surface area contributed by atoms with Crippen LogP contribution in [0.15, 0.2) is 53.4 Å². The van der Waals surface area contributed by atoms with Crippen molar-refractivity contribution in [3.05, 3.63) is 64.7 Å². The van der Waals surface area contributed by atoms with Gasteiger partial charge in [0, 0.05) is 10.6 Å². The van der Waals surface area contributed by atoms with Crippen molar-refractivity contribution in [2.45, 2.75) is 17.7 Å². The standard InChI is InChI=1S/C14H12ClNO3S/c15-11-5-7-12(8-6-11)20(17,18)16-14-13-4-2-1-3-10(13)9-19-14/h1-8,14,16H,9H2. The average molecular weight is 310 g/mol. The number of ether oxygens (including phenoxy) is 1. The van der Waals surface area contributed by atoms with E-state index in [1.807, 2.05) is 24.3 Å². The lowest BCUT2D eigenvalue weighted by molar-refractivity contribution is 0.0585. The van der Waals surface area contributed by atoms with E-state index in [-0.39, 0.29) is 4.90 Å². The summed E-state index contributed by atoms with van der Waals surface area (Å²) in [5.74, 6) is 0. The highest BCUT2D eigenvalue weighted by Gasteiger charge is 2.27. The van der Waals surface area contributed by atoms with Gasteiger partial charge in [0.2, 0.25) is 10.0 Å². The highest BCUT2D eigenvalue weighted by molar-refractivity contribution is 7.89. The molecule has 0 aromatic heterocycles. The van der Waals surface area contributed by atoms with Crippen LogP contribution in [0.2, 0.25) is 5.02 Å². The van der Waals surface area contributed by atoms with Gasteiger partial charge in [-0.15, -0.1) is 0 Å². The van der Waals surface area contributed by atoms with Crippen molar-refractivity contribution < 1.29 is 13.2 Å². The van der Waals surface area contributed by atoms with E-state index in [4.69, 9.17) is 16.3 Å². The molecule has 0 spiro atoms. The average Bonchev–Trinajstić information content (AvgIpc) is 2.82. The molecular formula is C14H12ClNO3S. The Balaban J connectivity index is 1.86. The molecule has 1 aliphatic heterocycles. The number of halogens is 1. The summed E-state index contributed by atoms with van der Waals surface area (Å²) in [6.45, 7) is 0.407. The zero-order chi connectivity index (χ0) is 14.2. The van der Waals surface area contributed by atoms with E-state index in [0.29, 0.717) is 11.6 Å². The molecule has 2 aromatic rings. The van der Waals surface area contributed by atoms with E-state index in [1.165, 1.54) is 12.1 Å². The molecule has 1 N–H and O–H groups in total. The Morgan fingerprint density at radius 3 is 2.55 bits per heavy atom. The third-order valence-corrected chi connectivity index (χ3v) is 4.80. The second-order valence-corrected chi connectivity index (χ2v) is 6.62. The molecule has 0 fully saturated rings. The van der Waals surface area contributed by atoms with Crippen LogP contribution in [0.1, 0.15) is 17.4 Å². The van der Waals surface area contributed by atoms with Gasteiger partial charge in [0.15, 0.2) is 0 Å². The molecular weight excluding hydrogens is 298 g/mol. The van der Waals surface area contributed by atoms with Gasteiger partial charge in [-0.1, -0.05) is 35.9 Å². The van der Waals surface area contributed by atoms with Crippen molar-refractivity contribution in [2.75, 3.05) is 0 Å². The van der Waals surface area contributed by atoms with Crippen LogP contribution in [0.4, 0.5) is 0 Å². The Morgan fingerprint density at radius 1 is 1.10 bits per heavy atom. The number of hydrogen-bond donors (Lipinski definition) is 1. The van der Waals surface area contributed by atoms with E-state index in [9.17, 15) is 8.42 Å². The Labute approximate surface area is 122 Å². The number of benzene rings is 2. The van der Waals surface area contributed by atoms with Gasteiger partial charge in [0.25, 0.3) is 0 Å². The Morgan fingerprint density at radius 2 is 1.80 bits per heavy atom. The van der Waals surface area contributed by atoms with E-state index < -0.39 is 16.3 Å². The predicted molar refractivity (Wildman–Crippen MR) is 75.7 cm³/mol. The summed E-state index contributed by atoms with van der Waals surface area (Å²) in [6, 6.07) is 13.6. The van der Waals surface area contributed by atoms with Gasteiger partial charge in [-0.25, -0.2) is 8.42 Å². The molecule has 2 aromatic carbocycles. The molecule has 104 valence electrons. The fourth-order valence-corrected chi connectivity index (χ4v) is 3.34. The molecule has 0 aliphatic carbocycles. The zero-order valence-corrected chi connectivity index (χ0v) is 12.0. The summed E-state index contributed by atoms with van der Waals surface area (Å²) < 4.78 is 32.6. The third-order valence-electron chi connectivity index (χ3n) is 3.13. The third kappa shape index (κ3) is 2.58. The quantitative estimate of drug-likeness (QED) is 0.948.